The highest BCUT2D eigenvalue weighted by atomic mass is 16.5. The van der Waals surface area contributed by atoms with E-state index in [4.69, 9.17) is 15.5 Å². The fourth-order valence-electron chi connectivity index (χ4n) is 5.23. The Labute approximate surface area is 212 Å². The topological polar surface area (TPSA) is 105 Å². The van der Waals surface area contributed by atoms with E-state index in [0.717, 1.165) is 28.5 Å². The van der Waals surface area contributed by atoms with Crippen LogP contribution in [0, 0.1) is 12.8 Å². The van der Waals surface area contributed by atoms with Gasteiger partial charge in [-0.1, -0.05) is 49.6 Å². The number of pyridine rings is 1. The zero-order valence-electron chi connectivity index (χ0n) is 21.2. The second-order valence-corrected chi connectivity index (χ2v) is 9.69. The molecule has 1 aliphatic carbocycles. The molecule has 0 saturated heterocycles. The molecule has 1 aromatic carbocycles. The molecule has 5 rings (SSSR count). The van der Waals surface area contributed by atoms with Crippen molar-refractivity contribution >= 4 is 5.95 Å². The number of methoxy groups -OCH3 is 1. The average Bonchev–Trinajstić information content (AvgIpc) is 3.37. The molecule has 186 valence electrons. The number of aromatic nitrogens is 6. The first-order valence-corrected chi connectivity index (χ1v) is 12.7. The Balaban J connectivity index is 1.37. The summed E-state index contributed by atoms with van der Waals surface area (Å²) in [5, 5.41) is 8.69. The van der Waals surface area contributed by atoms with Gasteiger partial charge in [0.25, 0.3) is 0 Å². The number of para-hydroxylation sites is 1. The van der Waals surface area contributed by atoms with Crippen LogP contribution in [0.15, 0.2) is 48.7 Å². The van der Waals surface area contributed by atoms with E-state index >= 15 is 0 Å². The van der Waals surface area contributed by atoms with E-state index in [1.165, 1.54) is 37.8 Å². The number of rotatable bonds is 7. The molecule has 1 aliphatic rings. The van der Waals surface area contributed by atoms with E-state index in [0.29, 0.717) is 29.5 Å². The number of nitrogens with two attached hydrogens (primary N) is 1. The summed E-state index contributed by atoms with van der Waals surface area (Å²) >= 11 is 0. The third-order valence-corrected chi connectivity index (χ3v) is 7.21. The van der Waals surface area contributed by atoms with Gasteiger partial charge in [-0.15, -0.1) is 5.10 Å². The van der Waals surface area contributed by atoms with Crippen molar-refractivity contribution < 1.29 is 4.74 Å². The Bertz CT molecular complexity index is 1340. The zero-order chi connectivity index (χ0) is 25.1. The molecule has 4 aromatic rings. The number of benzene rings is 1. The van der Waals surface area contributed by atoms with Gasteiger partial charge in [0, 0.05) is 17.2 Å². The van der Waals surface area contributed by atoms with Crippen molar-refractivity contribution in [2.45, 2.75) is 58.4 Å². The monoisotopic (exact) mass is 483 g/mol. The second kappa shape index (κ2) is 10.4. The van der Waals surface area contributed by atoms with Gasteiger partial charge in [-0.05, 0) is 55.5 Å². The number of nitrogen functional groups attached to an aromatic ring is 1. The average molecular weight is 484 g/mol. The first-order valence-electron chi connectivity index (χ1n) is 12.7. The van der Waals surface area contributed by atoms with Crippen molar-refractivity contribution in [2.24, 2.45) is 5.92 Å². The summed E-state index contributed by atoms with van der Waals surface area (Å²) in [6.45, 7) is 4.85. The van der Waals surface area contributed by atoms with Crippen LogP contribution in [0.2, 0.25) is 0 Å². The van der Waals surface area contributed by atoms with Gasteiger partial charge < -0.3 is 10.5 Å². The lowest BCUT2D eigenvalue weighted by Gasteiger charge is -2.27. The number of hydrogen-bond donors (Lipinski definition) is 1. The lowest BCUT2D eigenvalue weighted by Crippen LogP contribution is -2.15. The fourth-order valence-corrected chi connectivity index (χ4v) is 5.23. The molecule has 2 N–H and O–H groups in total. The number of ether oxygens (including phenoxy) is 1. The van der Waals surface area contributed by atoms with Crippen LogP contribution in [0.1, 0.15) is 61.9 Å². The second-order valence-electron chi connectivity index (χ2n) is 9.69. The number of aryl methyl sites for hydroxylation is 1. The van der Waals surface area contributed by atoms with Crippen molar-refractivity contribution in [3.05, 3.63) is 65.6 Å². The highest BCUT2D eigenvalue weighted by Crippen LogP contribution is 2.35. The molecule has 36 heavy (non-hydrogen) atoms. The lowest BCUT2D eigenvalue weighted by molar-refractivity contribution is 0.312. The van der Waals surface area contributed by atoms with E-state index < -0.39 is 0 Å². The Kier molecular flexibility index (Phi) is 6.93. The first-order chi connectivity index (χ1) is 17.5. The molecule has 8 heteroatoms. The normalized spacial score (nSPS) is 15.1. The van der Waals surface area contributed by atoms with Gasteiger partial charge in [0.1, 0.15) is 11.4 Å². The minimum atomic E-state index is 0.173. The smallest absolute Gasteiger partial charge is 0.221 e. The summed E-state index contributed by atoms with van der Waals surface area (Å²) in [4.78, 5) is 13.8. The van der Waals surface area contributed by atoms with Crippen molar-refractivity contribution in [1.29, 1.82) is 0 Å². The molecule has 1 atom stereocenters. The third kappa shape index (κ3) is 5.08. The molecule has 8 nitrogen and oxygen atoms in total. The van der Waals surface area contributed by atoms with Gasteiger partial charge in [-0.25, -0.2) is 14.6 Å². The maximum atomic E-state index is 6.07. The highest BCUT2D eigenvalue weighted by molar-refractivity contribution is 5.73. The molecular weight excluding hydrogens is 450 g/mol. The highest BCUT2D eigenvalue weighted by Gasteiger charge is 2.22. The molecule has 1 saturated carbocycles. The van der Waals surface area contributed by atoms with Gasteiger partial charge in [0.05, 0.1) is 36.9 Å². The van der Waals surface area contributed by atoms with Crippen molar-refractivity contribution in [3.63, 3.8) is 0 Å². The third-order valence-electron chi connectivity index (χ3n) is 7.21. The van der Waals surface area contributed by atoms with Crippen LogP contribution in [0.4, 0.5) is 5.95 Å². The van der Waals surface area contributed by atoms with Crippen LogP contribution in [0.25, 0.3) is 22.6 Å². The maximum Gasteiger partial charge on any atom is 0.221 e. The lowest BCUT2D eigenvalue weighted by atomic mass is 9.79. The summed E-state index contributed by atoms with van der Waals surface area (Å²) < 4.78 is 7.40. The number of hydrogen-bond acceptors (Lipinski definition) is 7. The van der Waals surface area contributed by atoms with Crippen molar-refractivity contribution in [3.8, 4) is 28.4 Å². The first kappa shape index (κ1) is 23.9. The summed E-state index contributed by atoms with van der Waals surface area (Å²) in [6, 6.07) is 14.1. The Morgan fingerprint density at radius 2 is 1.78 bits per heavy atom. The summed E-state index contributed by atoms with van der Waals surface area (Å²) in [6.07, 6.45) is 8.52. The van der Waals surface area contributed by atoms with Crippen LogP contribution in [0.5, 0.6) is 5.75 Å². The molecular formula is C28H33N7O. The molecule has 3 aromatic heterocycles. The van der Waals surface area contributed by atoms with Gasteiger partial charge in [-0.2, -0.15) is 0 Å². The predicted octanol–water partition coefficient (Wildman–Crippen LogP) is 5.43. The number of nitrogens with zero attached hydrogens (tertiary/aromatic N) is 6. The van der Waals surface area contributed by atoms with E-state index in [1.54, 1.807) is 11.8 Å². The number of anilines is 1. The molecule has 1 fully saturated rings. The van der Waals surface area contributed by atoms with E-state index in [9.17, 15) is 0 Å². The van der Waals surface area contributed by atoms with Crippen LogP contribution in [0.3, 0.4) is 0 Å². The largest absolute Gasteiger partial charge is 0.496 e. The van der Waals surface area contributed by atoms with E-state index in [2.05, 4.69) is 39.3 Å². The van der Waals surface area contributed by atoms with Crippen LogP contribution in [-0.4, -0.2) is 37.1 Å². The predicted molar refractivity (Wildman–Crippen MR) is 141 cm³/mol. The van der Waals surface area contributed by atoms with Crippen molar-refractivity contribution in [2.75, 3.05) is 12.8 Å². The standard InChI is InChI=1S/C28H33N7O/c1-18-9-7-13-22(27(18)36-3)24-15-25(32-28(29)31-24)26-17-35(34-33-26)16-21-12-8-14-23(30-21)19(2)20-10-5-4-6-11-20/h7-9,12-15,17,19-20H,4-6,10-11,16H2,1-3H3,(H2,29,31,32)/t19-/m0/s1. The van der Waals surface area contributed by atoms with Crippen molar-refractivity contribution in [1.82, 2.24) is 29.9 Å². The molecule has 0 bridgehead atoms. The fraction of sp³-hybridized carbons (Fsp3) is 0.393. The van der Waals surface area contributed by atoms with Gasteiger partial charge in [-0.3, -0.25) is 4.98 Å². The summed E-state index contributed by atoms with van der Waals surface area (Å²) in [7, 11) is 1.65. The quantitative estimate of drug-likeness (QED) is 0.374. The minimum absolute atomic E-state index is 0.173. The van der Waals surface area contributed by atoms with Gasteiger partial charge in [0.2, 0.25) is 5.95 Å². The molecule has 0 spiro atoms. The molecule has 3 heterocycles. The Morgan fingerprint density at radius 3 is 2.58 bits per heavy atom. The molecule has 0 amide bonds. The van der Waals surface area contributed by atoms with Gasteiger partial charge in [0.15, 0.2) is 0 Å². The summed E-state index contributed by atoms with van der Waals surface area (Å²) in [5.41, 5.74) is 12.0. The molecule has 0 unspecified atom stereocenters. The van der Waals surface area contributed by atoms with E-state index in [1.807, 2.05) is 43.5 Å². The van der Waals surface area contributed by atoms with E-state index in [-0.39, 0.29) is 5.95 Å². The minimum Gasteiger partial charge on any atom is -0.496 e. The molecule has 0 aliphatic heterocycles. The maximum absolute atomic E-state index is 6.07. The molecule has 0 radical (unpaired) electrons. The Morgan fingerprint density at radius 1 is 1.00 bits per heavy atom. The van der Waals surface area contributed by atoms with Crippen LogP contribution >= 0.6 is 0 Å². The summed E-state index contributed by atoms with van der Waals surface area (Å²) in [5.74, 6) is 2.13. The zero-order valence-corrected chi connectivity index (χ0v) is 21.2. The van der Waals surface area contributed by atoms with Crippen LogP contribution < -0.4 is 10.5 Å². The van der Waals surface area contributed by atoms with Crippen LogP contribution in [-0.2, 0) is 6.54 Å². The van der Waals surface area contributed by atoms with Gasteiger partial charge >= 0.3 is 0 Å². The SMILES string of the molecule is COc1c(C)cccc1-c1cc(-c2cn(Cc3cccc([C@@H](C)C4CCCCC4)n3)nn2)nc(N)n1. The Hall–Kier alpha value is -3.81.